The second kappa shape index (κ2) is 7.97. The molecule has 0 unspecified atom stereocenters. The topological polar surface area (TPSA) is 43.1 Å². The first-order chi connectivity index (χ1) is 8.55. The van der Waals surface area contributed by atoms with Crippen molar-refractivity contribution in [2.75, 3.05) is 19.6 Å². The third-order valence-corrected chi connectivity index (χ3v) is 3.54. The van der Waals surface area contributed by atoms with Crippen LogP contribution in [0.4, 0.5) is 0 Å². The number of amides is 1. The summed E-state index contributed by atoms with van der Waals surface area (Å²) in [7, 11) is 0. The summed E-state index contributed by atoms with van der Waals surface area (Å²) < 4.78 is 0.704. The van der Waals surface area contributed by atoms with Crippen LogP contribution in [0.1, 0.15) is 25.0 Å². The number of likely N-dealkylation sites (N-methyl/N-ethyl adjacent to an activating group) is 1. The number of quaternary nitrogens is 1. The van der Waals surface area contributed by atoms with Crippen LogP contribution >= 0.6 is 0 Å². The molecule has 0 spiro atoms. The van der Waals surface area contributed by atoms with Gasteiger partial charge in [-0.25, -0.2) is 0 Å². The van der Waals surface area contributed by atoms with E-state index in [9.17, 15) is 4.79 Å². The lowest BCUT2D eigenvalue weighted by molar-refractivity contribution is -0.930. The van der Waals surface area contributed by atoms with Crippen LogP contribution in [0, 0.1) is 0 Å². The van der Waals surface area contributed by atoms with Crippen molar-refractivity contribution in [1.29, 1.82) is 0 Å². The molecule has 1 aromatic rings. The molecule has 0 fully saturated rings. The Hall–Kier alpha value is -1.32. The van der Waals surface area contributed by atoms with Crippen molar-refractivity contribution in [1.82, 2.24) is 0 Å². The van der Waals surface area contributed by atoms with Crippen molar-refractivity contribution in [3.8, 4) is 0 Å². The standard InChI is InChI=1S/C15H22N2O.ClH/c1-4-13-8-7-9-14(10-13)11-17(5-2,6-3)12-15(16)18;/h4,7-10H,1,5-6,11-12H2,2-3H3,(H-,16,18);1H. The van der Waals surface area contributed by atoms with Gasteiger partial charge in [0.1, 0.15) is 6.54 Å². The molecular formula is C15H23ClN2O. The fourth-order valence-corrected chi connectivity index (χ4v) is 2.26. The molecule has 19 heavy (non-hydrogen) atoms. The van der Waals surface area contributed by atoms with Crippen LogP contribution in [0.5, 0.6) is 0 Å². The van der Waals surface area contributed by atoms with Gasteiger partial charge >= 0.3 is 0 Å². The van der Waals surface area contributed by atoms with E-state index in [2.05, 4.69) is 32.6 Å². The van der Waals surface area contributed by atoms with E-state index >= 15 is 0 Å². The summed E-state index contributed by atoms with van der Waals surface area (Å²) in [6, 6.07) is 8.26. The number of halogens is 1. The molecule has 1 aromatic carbocycles. The molecule has 0 saturated carbocycles. The Kier molecular flexibility index (Phi) is 7.42. The van der Waals surface area contributed by atoms with Gasteiger partial charge in [-0.2, -0.15) is 0 Å². The van der Waals surface area contributed by atoms with Gasteiger partial charge in [0, 0.05) is 5.56 Å². The van der Waals surface area contributed by atoms with Crippen molar-refractivity contribution in [2.45, 2.75) is 20.4 Å². The SMILES string of the molecule is C=Cc1cccc(C[N+](CC)(CC)CC(N)=O)c1.[Cl-]. The lowest BCUT2D eigenvalue weighted by atomic mass is 10.1. The molecule has 1 rings (SSSR count). The van der Waals surface area contributed by atoms with E-state index in [1.807, 2.05) is 18.2 Å². The Morgan fingerprint density at radius 3 is 2.47 bits per heavy atom. The number of rotatable bonds is 7. The summed E-state index contributed by atoms with van der Waals surface area (Å²) in [4.78, 5) is 11.2. The van der Waals surface area contributed by atoms with Crippen molar-refractivity contribution >= 4 is 12.0 Å². The molecule has 0 saturated heterocycles. The van der Waals surface area contributed by atoms with Gasteiger partial charge in [0.05, 0.1) is 13.1 Å². The Morgan fingerprint density at radius 1 is 1.37 bits per heavy atom. The Balaban J connectivity index is 0.00000324. The van der Waals surface area contributed by atoms with Crippen LogP contribution in [-0.4, -0.2) is 30.0 Å². The fourth-order valence-electron chi connectivity index (χ4n) is 2.26. The highest BCUT2D eigenvalue weighted by atomic mass is 35.5. The number of hydrogen-bond acceptors (Lipinski definition) is 1. The lowest BCUT2D eigenvalue weighted by Gasteiger charge is -2.35. The molecule has 1 amide bonds. The number of benzene rings is 1. The van der Waals surface area contributed by atoms with Gasteiger partial charge in [0.15, 0.2) is 6.54 Å². The maximum Gasteiger partial charge on any atom is 0.272 e. The first kappa shape index (κ1) is 17.7. The summed E-state index contributed by atoms with van der Waals surface area (Å²) in [5.74, 6) is -0.237. The number of carbonyl (C=O) groups is 1. The average Bonchev–Trinajstić information content (AvgIpc) is 2.37. The third kappa shape index (κ3) is 5.05. The van der Waals surface area contributed by atoms with Crippen molar-refractivity contribution in [3.63, 3.8) is 0 Å². The van der Waals surface area contributed by atoms with Crippen LogP contribution in [0.2, 0.25) is 0 Å². The summed E-state index contributed by atoms with van der Waals surface area (Å²) >= 11 is 0. The zero-order valence-corrected chi connectivity index (χ0v) is 12.5. The number of hydrogen-bond donors (Lipinski definition) is 1. The van der Waals surface area contributed by atoms with Crippen LogP contribution in [0.3, 0.4) is 0 Å². The van der Waals surface area contributed by atoms with Crippen molar-refractivity contribution < 1.29 is 21.7 Å². The molecule has 0 bridgehead atoms. The van der Waals surface area contributed by atoms with Crippen molar-refractivity contribution in [2.24, 2.45) is 5.73 Å². The number of carbonyl (C=O) groups excluding carboxylic acids is 1. The molecule has 0 aliphatic heterocycles. The summed E-state index contributed by atoms with van der Waals surface area (Å²) in [6.07, 6.45) is 1.84. The summed E-state index contributed by atoms with van der Waals surface area (Å²) in [6.45, 7) is 11.0. The molecule has 0 aliphatic rings. The predicted octanol–water partition coefficient (Wildman–Crippen LogP) is -0.824. The Bertz CT molecular complexity index is 428. The summed E-state index contributed by atoms with van der Waals surface area (Å²) in [5, 5.41) is 0. The van der Waals surface area contributed by atoms with Gasteiger partial charge in [-0.05, 0) is 25.5 Å². The molecule has 4 heteroatoms. The van der Waals surface area contributed by atoms with Gasteiger partial charge in [0.2, 0.25) is 0 Å². The number of nitrogens with two attached hydrogens (primary N) is 1. The minimum absolute atomic E-state index is 0. The molecule has 0 atom stereocenters. The van der Waals surface area contributed by atoms with E-state index in [1.165, 1.54) is 5.56 Å². The van der Waals surface area contributed by atoms with E-state index in [0.29, 0.717) is 11.0 Å². The monoisotopic (exact) mass is 282 g/mol. The van der Waals surface area contributed by atoms with Crippen LogP contribution in [0.25, 0.3) is 6.08 Å². The lowest BCUT2D eigenvalue weighted by Crippen LogP contribution is -3.00. The molecule has 0 aliphatic carbocycles. The highest BCUT2D eigenvalue weighted by Crippen LogP contribution is 2.16. The minimum atomic E-state index is -0.237. The highest BCUT2D eigenvalue weighted by molar-refractivity contribution is 5.74. The highest BCUT2D eigenvalue weighted by Gasteiger charge is 2.26. The Morgan fingerprint density at radius 2 is 2.00 bits per heavy atom. The number of nitrogens with zero attached hydrogens (tertiary/aromatic N) is 1. The molecule has 2 N–H and O–H groups in total. The predicted molar refractivity (Wildman–Crippen MR) is 75.6 cm³/mol. The minimum Gasteiger partial charge on any atom is -1.00 e. The zero-order chi connectivity index (χ0) is 13.6. The molecule has 0 heterocycles. The molecule has 0 aromatic heterocycles. The smallest absolute Gasteiger partial charge is 0.272 e. The van der Waals surface area contributed by atoms with Gasteiger partial charge < -0.3 is 22.6 Å². The second-order valence-corrected chi connectivity index (χ2v) is 4.71. The Labute approximate surface area is 122 Å². The van der Waals surface area contributed by atoms with Crippen LogP contribution < -0.4 is 18.1 Å². The molecule has 0 radical (unpaired) electrons. The first-order valence-corrected chi connectivity index (χ1v) is 6.40. The van der Waals surface area contributed by atoms with Crippen LogP contribution in [-0.2, 0) is 11.3 Å². The third-order valence-electron chi connectivity index (χ3n) is 3.54. The van der Waals surface area contributed by atoms with E-state index in [0.717, 1.165) is 25.2 Å². The molecule has 3 nitrogen and oxygen atoms in total. The number of primary amides is 1. The van der Waals surface area contributed by atoms with Crippen molar-refractivity contribution in [3.05, 3.63) is 42.0 Å². The molecule has 106 valence electrons. The first-order valence-electron chi connectivity index (χ1n) is 6.40. The van der Waals surface area contributed by atoms with Crippen LogP contribution in [0.15, 0.2) is 30.8 Å². The van der Waals surface area contributed by atoms with Gasteiger partial charge in [-0.3, -0.25) is 4.79 Å². The van der Waals surface area contributed by atoms with Gasteiger partial charge in [-0.15, -0.1) is 0 Å². The fraction of sp³-hybridized carbons (Fsp3) is 0.400. The van der Waals surface area contributed by atoms with Gasteiger partial charge in [-0.1, -0.05) is 30.9 Å². The molecular weight excluding hydrogens is 260 g/mol. The van der Waals surface area contributed by atoms with E-state index in [1.54, 1.807) is 0 Å². The zero-order valence-electron chi connectivity index (χ0n) is 11.7. The maximum atomic E-state index is 11.2. The normalized spacial score (nSPS) is 10.6. The average molecular weight is 283 g/mol. The van der Waals surface area contributed by atoms with Gasteiger partial charge in [0.25, 0.3) is 5.91 Å². The second-order valence-electron chi connectivity index (χ2n) is 4.71. The van der Waals surface area contributed by atoms with E-state index in [4.69, 9.17) is 5.73 Å². The summed E-state index contributed by atoms with van der Waals surface area (Å²) in [5.41, 5.74) is 7.70. The quantitative estimate of drug-likeness (QED) is 0.652. The van der Waals surface area contributed by atoms with E-state index < -0.39 is 0 Å². The maximum absolute atomic E-state index is 11.2. The largest absolute Gasteiger partial charge is 1.00 e. The van der Waals surface area contributed by atoms with E-state index in [-0.39, 0.29) is 18.3 Å².